The minimum atomic E-state index is -0.978. The Bertz CT molecular complexity index is 661. The van der Waals surface area contributed by atoms with Gasteiger partial charge in [-0.25, -0.2) is 9.18 Å². The van der Waals surface area contributed by atoms with Crippen LogP contribution in [-0.4, -0.2) is 15.6 Å². The molecule has 0 aliphatic heterocycles. The first-order valence-electron chi connectivity index (χ1n) is 5.98. The highest BCUT2D eigenvalue weighted by Gasteiger charge is 2.30. The van der Waals surface area contributed by atoms with Crippen molar-refractivity contribution in [1.29, 1.82) is 0 Å². The molecule has 1 aromatic carbocycles. The molecule has 19 heavy (non-hydrogen) atoms. The number of benzene rings is 1. The molecule has 1 aromatic heterocycles. The van der Waals surface area contributed by atoms with Gasteiger partial charge < -0.3 is 9.67 Å². The SMILES string of the molecule is O=C(O)c1ccc(-c2cc(Br)ccc2F)n1C1CC1. The van der Waals surface area contributed by atoms with Gasteiger partial charge in [0.2, 0.25) is 0 Å². The number of carboxylic acid groups (broad SMARTS) is 1. The van der Waals surface area contributed by atoms with Crippen LogP contribution in [0.15, 0.2) is 34.8 Å². The Hall–Kier alpha value is -1.62. The summed E-state index contributed by atoms with van der Waals surface area (Å²) in [6.45, 7) is 0. The van der Waals surface area contributed by atoms with Gasteiger partial charge in [0, 0.05) is 16.1 Å². The van der Waals surface area contributed by atoms with Gasteiger partial charge in [-0.05, 0) is 43.2 Å². The zero-order valence-corrected chi connectivity index (χ0v) is 11.5. The molecule has 1 saturated carbocycles. The largest absolute Gasteiger partial charge is 0.477 e. The normalized spacial score (nSPS) is 14.6. The maximum absolute atomic E-state index is 13.9. The highest BCUT2D eigenvalue weighted by molar-refractivity contribution is 9.10. The molecule has 3 nitrogen and oxygen atoms in total. The molecular formula is C14H11BrFNO2. The first kappa shape index (κ1) is 12.4. The lowest BCUT2D eigenvalue weighted by Gasteiger charge is -2.11. The number of carboxylic acids is 1. The van der Waals surface area contributed by atoms with Crippen molar-refractivity contribution in [3.8, 4) is 11.3 Å². The van der Waals surface area contributed by atoms with Crippen LogP contribution >= 0.6 is 15.9 Å². The Balaban J connectivity index is 2.20. The van der Waals surface area contributed by atoms with Gasteiger partial charge in [0.1, 0.15) is 11.5 Å². The van der Waals surface area contributed by atoms with E-state index in [1.807, 2.05) is 0 Å². The predicted molar refractivity (Wildman–Crippen MR) is 72.8 cm³/mol. The molecule has 0 saturated heterocycles. The zero-order valence-electron chi connectivity index (χ0n) is 9.94. The molecular weight excluding hydrogens is 313 g/mol. The lowest BCUT2D eigenvalue weighted by atomic mass is 10.1. The van der Waals surface area contributed by atoms with Crippen LogP contribution in [0.25, 0.3) is 11.3 Å². The molecule has 0 radical (unpaired) electrons. The first-order chi connectivity index (χ1) is 9.08. The highest BCUT2D eigenvalue weighted by atomic mass is 79.9. The number of hydrogen-bond acceptors (Lipinski definition) is 1. The van der Waals surface area contributed by atoms with Crippen LogP contribution in [0.1, 0.15) is 29.4 Å². The summed E-state index contributed by atoms with van der Waals surface area (Å²) in [6, 6.07) is 8.07. The van der Waals surface area contributed by atoms with Gasteiger partial charge in [0.15, 0.2) is 0 Å². The van der Waals surface area contributed by atoms with E-state index >= 15 is 0 Å². The van der Waals surface area contributed by atoms with Crippen LogP contribution in [0, 0.1) is 5.82 Å². The molecule has 1 heterocycles. The predicted octanol–water partition coefficient (Wildman–Crippen LogP) is 4.09. The number of rotatable bonds is 3. The highest BCUT2D eigenvalue weighted by Crippen LogP contribution is 2.41. The van der Waals surface area contributed by atoms with Crippen LogP contribution in [0.2, 0.25) is 0 Å². The van der Waals surface area contributed by atoms with Crippen molar-refractivity contribution >= 4 is 21.9 Å². The summed E-state index contributed by atoms with van der Waals surface area (Å²) in [4.78, 5) is 11.2. The fourth-order valence-corrected chi connectivity index (χ4v) is 2.62. The molecule has 2 aromatic rings. The van der Waals surface area contributed by atoms with E-state index in [0.717, 1.165) is 17.3 Å². The Labute approximate surface area is 117 Å². The van der Waals surface area contributed by atoms with Crippen LogP contribution in [0.3, 0.4) is 0 Å². The number of hydrogen-bond donors (Lipinski definition) is 1. The smallest absolute Gasteiger partial charge is 0.352 e. The van der Waals surface area contributed by atoms with Crippen molar-refractivity contribution in [3.63, 3.8) is 0 Å². The summed E-state index contributed by atoms with van der Waals surface area (Å²) in [6.07, 6.45) is 1.88. The van der Waals surface area contributed by atoms with E-state index < -0.39 is 5.97 Å². The molecule has 1 fully saturated rings. The number of halogens is 2. The fourth-order valence-electron chi connectivity index (χ4n) is 2.26. The number of nitrogens with zero attached hydrogens (tertiary/aromatic N) is 1. The Kier molecular flexibility index (Phi) is 2.93. The van der Waals surface area contributed by atoms with E-state index in [9.17, 15) is 14.3 Å². The van der Waals surface area contributed by atoms with E-state index in [1.54, 1.807) is 22.8 Å². The zero-order chi connectivity index (χ0) is 13.6. The summed E-state index contributed by atoms with van der Waals surface area (Å²) in [7, 11) is 0. The molecule has 1 aliphatic rings. The van der Waals surface area contributed by atoms with Gasteiger partial charge in [-0.2, -0.15) is 0 Å². The summed E-state index contributed by atoms with van der Waals surface area (Å²) in [5.41, 5.74) is 1.27. The van der Waals surface area contributed by atoms with Gasteiger partial charge >= 0.3 is 5.97 Å². The third kappa shape index (κ3) is 2.18. The van der Waals surface area contributed by atoms with Crippen molar-refractivity contribution in [2.75, 3.05) is 0 Å². The van der Waals surface area contributed by atoms with Crippen LogP contribution in [-0.2, 0) is 0 Å². The molecule has 0 amide bonds. The van der Waals surface area contributed by atoms with Crippen molar-refractivity contribution in [1.82, 2.24) is 4.57 Å². The quantitative estimate of drug-likeness (QED) is 0.924. The molecule has 1 N–H and O–H groups in total. The number of carbonyl (C=O) groups is 1. The number of aromatic carboxylic acids is 1. The standard InChI is InChI=1S/C14H11BrFNO2/c15-8-1-4-11(16)10(7-8)12-5-6-13(14(18)19)17(12)9-2-3-9/h1,4-7,9H,2-3H2,(H,18,19). The van der Waals surface area contributed by atoms with E-state index in [0.29, 0.717) is 11.3 Å². The van der Waals surface area contributed by atoms with Crippen LogP contribution < -0.4 is 0 Å². The Morgan fingerprint density at radius 3 is 2.68 bits per heavy atom. The Morgan fingerprint density at radius 2 is 2.05 bits per heavy atom. The van der Waals surface area contributed by atoms with Gasteiger partial charge in [-0.15, -0.1) is 0 Å². The summed E-state index contributed by atoms with van der Waals surface area (Å²) in [5.74, 6) is -1.33. The molecule has 1 aliphatic carbocycles. The van der Waals surface area contributed by atoms with Gasteiger partial charge in [-0.3, -0.25) is 0 Å². The second kappa shape index (κ2) is 4.49. The van der Waals surface area contributed by atoms with E-state index in [-0.39, 0.29) is 17.6 Å². The lowest BCUT2D eigenvalue weighted by molar-refractivity contribution is 0.0685. The Morgan fingerprint density at radius 1 is 1.32 bits per heavy atom. The van der Waals surface area contributed by atoms with Gasteiger partial charge in [0.05, 0.1) is 5.69 Å². The summed E-state index contributed by atoms with van der Waals surface area (Å²) < 4.78 is 16.4. The van der Waals surface area contributed by atoms with Crippen LogP contribution in [0.4, 0.5) is 4.39 Å². The monoisotopic (exact) mass is 323 g/mol. The maximum Gasteiger partial charge on any atom is 0.352 e. The van der Waals surface area contributed by atoms with Crippen molar-refractivity contribution < 1.29 is 14.3 Å². The van der Waals surface area contributed by atoms with Crippen molar-refractivity contribution in [2.45, 2.75) is 18.9 Å². The topological polar surface area (TPSA) is 42.2 Å². The van der Waals surface area contributed by atoms with E-state index in [4.69, 9.17) is 0 Å². The van der Waals surface area contributed by atoms with Crippen molar-refractivity contribution in [3.05, 3.63) is 46.3 Å². The third-order valence-electron chi connectivity index (χ3n) is 3.25. The average molecular weight is 324 g/mol. The first-order valence-corrected chi connectivity index (χ1v) is 6.77. The average Bonchev–Trinajstić information content (AvgIpc) is 3.11. The van der Waals surface area contributed by atoms with E-state index in [1.165, 1.54) is 12.1 Å². The number of aromatic nitrogens is 1. The van der Waals surface area contributed by atoms with Crippen LogP contribution in [0.5, 0.6) is 0 Å². The molecule has 0 spiro atoms. The molecule has 5 heteroatoms. The molecule has 0 unspecified atom stereocenters. The maximum atomic E-state index is 13.9. The summed E-state index contributed by atoms with van der Waals surface area (Å²) in [5, 5.41) is 9.20. The van der Waals surface area contributed by atoms with Gasteiger partial charge in [-0.1, -0.05) is 15.9 Å². The van der Waals surface area contributed by atoms with E-state index in [2.05, 4.69) is 15.9 Å². The van der Waals surface area contributed by atoms with Crippen molar-refractivity contribution in [2.24, 2.45) is 0 Å². The molecule has 0 atom stereocenters. The lowest BCUT2D eigenvalue weighted by Crippen LogP contribution is -2.08. The third-order valence-corrected chi connectivity index (χ3v) is 3.75. The summed E-state index contributed by atoms with van der Waals surface area (Å²) >= 11 is 3.31. The second-order valence-electron chi connectivity index (χ2n) is 4.63. The second-order valence-corrected chi connectivity index (χ2v) is 5.55. The molecule has 3 rings (SSSR count). The van der Waals surface area contributed by atoms with Gasteiger partial charge in [0.25, 0.3) is 0 Å². The minimum Gasteiger partial charge on any atom is -0.477 e. The minimum absolute atomic E-state index is 0.175. The fraction of sp³-hybridized carbons (Fsp3) is 0.214. The molecule has 98 valence electrons. The molecule has 0 bridgehead atoms.